The Morgan fingerprint density at radius 2 is 2.14 bits per heavy atom. The van der Waals surface area contributed by atoms with Crippen LogP contribution in [0.25, 0.3) is 0 Å². The van der Waals surface area contributed by atoms with E-state index in [1.54, 1.807) is 6.07 Å². The number of halogens is 1. The molecule has 0 bridgehead atoms. The fourth-order valence-corrected chi connectivity index (χ4v) is 2.01. The quantitative estimate of drug-likeness (QED) is 0.478. The van der Waals surface area contributed by atoms with E-state index in [0.717, 1.165) is 0 Å². The van der Waals surface area contributed by atoms with Crippen LogP contribution in [0.2, 0.25) is 5.15 Å². The van der Waals surface area contributed by atoms with Gasteiger partial charge < -0.3 is 9.47 Å². The lowest BCUT2D eigenvalue weighted by atomic mass is 10.2. The molecule has 0 saturated carbocycles. The van der Waals surface area contributed by atoms with E-state index in [4.69, 9.17) is 21.1 Å². The van der Waals surface area contributed by atoms with Gasteiger partial charge in [0.1, 0.15) is 17.2 Å². The summed E-state index contributed by atoms with van der Waals surface area (Å²) in [5.41, 5.74) is 0.450. The van der Waals surface area contributed by atoms with Crippen LogP contribution in [0.1, 0.15) is 12.5 Å². The van der Waals surface area contributed by atoms with Crippen molar-refractivity contribution in [3.63, 3.8) is 0 Å². The summed E-state index contributed by atoms with van der Waals surface area (Å²) in [6.45, 7) is 1.88. The first-order chi connectivity index (χ1) is 10.1. The highest BCUT2D eigenvalue weighted by atomic mass is 35.5. The van der Waals surface area contributed by atoms with E-state index >= 15 is 0 Å². The lowest BCUT2D eigenvalue weighted by Gasteiger charge is -2.10. The van der Waals surface area contributed by atoms with Gasteiger partial charge in [-0.15, -0.1) is 0 Å². The lowest BCUT2D eigenvalue weighted by molar-refractivity contribution is -0.385. The molecule has 0 saturated heterocycles. The van der Waals surface area contributed by atoms with Gasteiger partial charge in [-0.3, -0.25) is 10.1 Å². The number of rotatable bonds is 5. The maximum Gasteiger partial charge on any atom is 0.314 e. The molecule has 2 aromatic rings. The molecule has 1 aromatic heterocycles. The van der Waals surface area contributed by atoms with Crippen molar-refractivity contribution in [1.82, 2.24) is 9.97 Å². The van der Waals surface area contributed by atoms with Crippen molar-refractivity contribution in [1.29, 1.82) is 0 Å². The summed E-state index contributed by atoms with van der Waals surface area (Å²) in [6.07, 6.45) is 1.85. The Labute approximate surface area is 125 Å². The number of nitro groups is 1. The van der Waals surface area contributed by atoms with Gasteiger partial charge in [-0.1, -0.05) is 18.5 Å². The minimum absolute atomic E-state index is 0.156. The van der Waals surface area contributed by atoms with E-state index in [1.807, 2.05) is 6.92 Å². The SMILES string of the molecule is CCc1c(Cl)ncnc1Oc1ccc(OC)c([N+](=O)[O-])c1. The first kappa shape index (κ1) is 15.0. The number of hydrogen-bond donors (Lipinski definition) is 0. The van der Waals surface area contributed by atoms with Gasteiger partial charge in [-0.2, -0.15) is 0 Å². The van der Waals surface area contributed by atoms with Crippen molar-refractivity contribution >= 4 is 17.3 Å². The predicted molar refractivity (Wildman–Crippen MR) is 76.1 cm³/mol. The lowest BCUT2D eigenvalue weighted by Crippen LogP contribution is -1.98. The molecule has 0 aliphatic carbocycles. The highest BCUT2D eigenvalue weighted by Crippen LogP contribution is 2.34. The number of nitrogens with zero attached hydrogens (tertiary/aromatic N) is 3. The molecule has 0 aliphatic heterocycles. The molecule has 2 rings (SSSR count). The third-order valence-electron chi connectivity index (χ3n) is 2.77. The Balaban J connectivity index is 2.39. The molecule has 0 atom stereocenters. The Bertz CT molecular complexity index is 678. The zero-order chi connectivity index (χ0) is 15.4. The Kier molecular flexibility index (Phi) is 4.54. The molecule has 0 unspecified atom stereocenters. The third kappa shape index (κ3) is 3.19. The van der Waals surface area contributed by atoms with Crippen molar-refractivity contribution in [2.45, 2.75) is 13.3 Å². The molecule has 0 fully saturated rings. The summed E-state index contributed by atoms with van der Waals surface area (Å²) in [4.78, 5) is 18.3. The molecule has 0 N–H and O–H groups in total. The fraction of sp³-hybridized carbons (Fsp3) is 0.231. The van der Waals surface area contributed by atoms with Gasteiger partial charge in [0.15, 0.2) is 5.75 Å². The van der Waals surface area contributed by atoms with Crippen LogP contribution >= 0.6 is 11.6 Å². The summed E-state index contributed by atoms with van der Waals surface area (Å²) in [7, 11) is 1.36. The summed E-state index contributed by atoms with van der Waals surface area (Å²) < 4.78 is 10.5. The topological polar surface area (TPSA) is 87.4 Å². The molecule has 0 spiro atoms. The maximum atomic E-state index is 11.0. The van der Waals surface area contributed by atoms with Gasteiger partial charge in [-0.25, -0.2) is 9.97 Å². The van der Waals surface area contributed by atoms with Gasteiger partial charge in [0, 0.05) is 0 Å². The molecule has 8 heteroatoms. The van der Waals surface area contributed by atoms with Crippen LogP contribution in [0.15, 0.2) is 24.5 Å². The summed E-state index contributed by atoms with van der Waals surface area (Å²) >= 11 is 5.97. The average Bonchev–Trinajstić information content (AvgIpc) is 2.47. The second-order valence-corrected chi connectivity index (χ2v) is 4.35. The Morgan fingerprint density at radius 1 is 1.38 bits per heavy atom. The first-order valence-electron chi connectivity index (χ1n) is 6.06. The number of benzene rings is 1. The normalized spacial score (nSPS) is 10.2. The van der Waals surface area contributed by atoms with Crippen molar-refractivity contribution in [2.24, 2.45) is 0 Å². The predicted octanol–water partition coefficient (Wildman–Crippen LogP) is 3.40. The van der Waals surface area contributed by atoms with Crippen LogP contribution in [-0.2, 0) is 6.42 Å². The minimum atomic E-state index is -0.542. The molecular weight excluding hydrogens is 298 g/mol. The maximum absolute atomic E-state index is 11.0. The van der Waals surface area contributed by atoms with Crippen molar-refractivity contribution in [3.05, 3.63) is 45.4 Å². The molecule has 0 amide bonds. The summed E-state index contributed by atoms with van der Waals surface area (Å²) in [5.74, 6) is 0.702. The highest BCUT2D eigenvalue weighted by molar-refractivity contribution is 6.30. The second kappa shape index (κ2) is 6.36. The van der Waals surface area contributed by atoms with Crippen molar-refractivity contribution < 1.29 is 14.4 Å². The second-order valence-electron chi connectivity index (χ2n) is 3.99. The van der Waals surface area contributed by atoms with Gasteiger partial charge >= 0.3 is 5.69 Å². The Morgan fingerprint density at radius 3 is 2.76 bits per heavy atom. The molecule has 1 heterocycles. The van der Waals surface area contributed by atoms with E-state index in [1.165, 1.54) is 25.6 Å². The highest BCUT2D eigenvalue weighted by Gasteiger charge is 2.17. The smallest absolute Gasteiger partial charge is 0.314 e. The molecule has 21 heavy (non-hydrogen) atoms. The largest absolute Gasteiger partial charge is 0.490 e. The van der Waals surface area contributed by atoms with Crippen LogP contribution in [-0.4, -0.2) is 22.0 Å². The number of methoxy groups -OCH3 is 1. The zero-order valence-corrected chi connectivity index (χ0v) is 12.1. The molecule has 0 aliphatic rings. The first-order valence-corrected chi connectivity index (χ1v) is 6.44. The molecule has 1 aromatic carbocycles. The van der Waals surface area contributed by atoms with Crippen molar-refractivity contribution in [3.8, 4) is 17.4 Å². The molecular formula is C13H12ClN3O4. The van der Waals surface area contributed by atoms with Gasteiger partial charge in [0.2, 0.25) is 5.88 Å². The number of nitro benzene ring substituents is 1. The summed E-state index contributed by atoms with van der Waals surface area (Å²) in [6, 6.07) is 4.29. The fourth-order valence-electron chi connectivity index (χ4n) is 1.75. The average molecular weight is 310 g/mol. The van der Waals surface area contributed by atoms with Crippen LogP contribution in [0.5, 0.6) is 17.4 Å². The Hall–Kier alpha value is -2.41. The number of aromatic nitrogens is 2. The monoisotopic (exact) mass is 309 g/mol. The molecule has 7 nitrogen and oxygen atoms in total. The number of ether oxygens (including phenoxy) is 2. The van der Waals surface area contributed by atoms with E-state index < -0.39 is 4.92 Å². The van der Waals surface area contributed by atoms with Gasteiger partial charge in [0.05, 0.1) is 23.7 Å². The zero-order valence-electron chi connectivity index (χ0n) is 11.4. The minimum Gasteiger partial charge on any atom is -0.490 e. The third-order valence-corrected chi connectivity index (χ3v) is 3.09. The standard InChI is InChI=1S/C13H12ClN3O4/c1-3-9-12(14)15-7-16-13(9)21-8-4-5-11(20-2)10(6-8)17(18)19/h4-7H,3H2,1-2H3. The van der Waals surface area contributed by atoms with E-state index in [2.05, 4.69) is 9.97 Å². The van der Waals surface area contributed by atoms with E-state index in [-0.39, 0.29) is 23.1 Å². The van der Waals surface area contributed by atoms with Gasteiger partial charge in [0.25, 0.3) is 0 Å². The number of hydrogen-bond acceptors (Lipinski definition) is 6. The van der Waals surface area contributed by atoms with Crippen LogP contribution in [0.3, 0.4) is 0 Å². The van der Waals surface area contributed by atoms with Crippen LogP contribution < -0.4 is 9.47 Å². The molecule has 110 valence electrons. The molecule has 0 radical (unpaired) electrons. The van der Waals surface area contributed by atoms with E-state index in [0.29, 0.717) is 17.1 Å². The van der Waals surface area contributed by atoms with Crippen LogP contribution in [0, 0.1) is 10.1 Å². The van der Waals surface area contributed by atoms with E-state index in [9.17, 15) is 10.1 Å². The van der Waals surface area contributed by atoms with Crippen LogP contribution in [0.4, 0.5) is 5.69 Å². The van der Waals surface area contributed by atoms with Gasteiger partial charge in [-0.05, 0) is 18.6 Å². The van der Waals surface area contributed by atoms with Crippen molar-refractivity contribution in [2.75, 3.05) is 7.11 Å². The summed E-state index contributed by atoms with van der Waals surface area (Å²) in [5, 5.41) is 11.3.